The zero-order chi connectivity index (χ0) is 13.7. The third-order valence-corrected chi connectivity index (χ3v) is 3.75. The van der Waals surface area contributed by atoms with E-state index in [1.807, 2.05) is 0 Å². The highest BCUT2D eigenvalue weighted by Gasteiger charge is 2.19. The minimum atomic E-state index is -0.473. The molecule has 1 amide bonds. The molecule has 1 N–H and O–H groups in total. The van der Waals surface area contributed by atoms with Gasteiger partial charge >= 0.3 is 0 Å². The summed E-state index contributed by atoms with van der Waals surface area (Å²) in [6.07, 6.45) is 0. The minimum Gasteiger partial charge on any atom is -0.395 e. The number of carbonyl (C=O) groups excluding carboxylic acids is 1. The number of rotatable bonds is 5. The summed E-state index contributed by atoms with van der Waals surface area (Å²) >= 11 is 18.0. The Morgan fingerprint density at radius 1 is 1.33 bits per heavy atom. The molecule has 0 aliphatic carbocycles. The van der Waals surface area contributed by atoms with Crippen molar-refractivity contribution in [2.45, 2.75) is 10.3 Å². The van der Waals surface area contributed by atoms with Crippen molar-refractivity contribution < 1.29 is 9.90 Å². The predicted octanol–water partition coefficient (Wildman–Crippen LogP) is 3.43. The molecule has 0 radical (unpaired) electrons. The summed E-state index contributed by atoms with van der Waals surface area (Å²) in [4.78, 5) is 13.4. The van der Waals surface area contributed by atoms with Crippen LogP contribution in [0, 0.1) is 0 Å². The van der Waals surface area contributed by atoms with Crippen molar-refractivity contribution >= 4 is 61.0 Å². The highest BCUT2D eigenvalue weighted by molar-refractivity contribution is 9.25. The number of hydrogen-bond acceptors (Lipinski definition) is 2. The third kappa shape index (κ3) is 4.70. The second-order valence-corrected chi connectivity index (χ2v) is 7.41. The predicted molar refractivity (Wildman–Crippen MR) is 80.6 cm³/mol. The molecule has 0 atom stereocenters. The van der Waals surface area contributed by atoms with Crippen LogP contribution in [0.4, 0.5) is 0 Å². The normalized spacial score (nSPS) is 10.8. The molecule has 0 heterocycles. The Morgan fingerprint density at radius 2 is 2.00 bits per heavy atom. The third-order valence-electron chi connectivity index (χ3n) is 2.23. The number of halogens is 4. The van der Waals surface area contributed by atoms with Crippen LogP contribution in [0.5, 0.6) is 0 Å². The molecule has 100 valence electrons. The summed E-state index contributed by atoms with van der Waals surface area (Å²) in [7, 11) is 0. The van der Waals surface area contributed by atoms with Crippen LogP contribution < -0.4 is 0 Å². The SMILES string of the molecule is O=C(C(Br)Br)N(CCO)Cc1ccc(Cl)c(Cl)c1. The lowest BCUT2D eigenvalue weighted by atomic mass is 10.2. The molecule has 0 saturated heterocycles. The zero-order valence-electron chi connectivity index (χ0n) is 9.25. The number of nitrogens with zero attached hydrogens (tertiary/aromatic N) is 1. The molecule has 0 aliphatic rings. The summed E-state index contributed by atoms with van der Waals surface area (Å²) < 4.78 is -0.473. The summed E-state index contributed by atoms with van der Waals surface area (Å²) in [6, 6.07) is 5.18. The molecule has 0 saturated carbocycles. The Kier molecular flexibility index (Phi) is 6.95. The van der Waals surface area contributed by atoms with Crippen LogP contribution in [-0.4, -0.2) is 32.8 Å². The van der Waals surface area contributed by atoms with Crippen LogP contribution in [0.25, 0.3) is 0 Å². The van der Waals surface area contributed by atoms with E-state index < -0.39 is 3.74 Å². The van der Waals surface area contributed by atoms with Crippen molar-refractivity contribution in [2.75, 3.05) is 13.2 Å². The first-order valence-electron chi connectivity index (χ1n) is 5.07. The maximum absolute atomic E-state index is 11.9. The first kappa shape index (κ1) is 16.2. The van der Waals surface area contributed by atoms with Gasteiger partial charge in [-0.1, -0.05) is 61.1 Å². The summed E-state index contributed by atoms with van der Waals surface area (Å²) in [5.41, 5.74) is 0.854. The van der Waals surface area contributed by atoms with E-state index in [0.717, 1.165) is 5.56 Å². The van der Waals surface area contributed by atoms with E-state index in [4.69, 9.17) is 28.3 Å². The summed E-state index contributed by atoms with van der Waals surface area (Å²) in [5.74, 6) is -0.157. The first-order chi connectivity index (χ1) is 8.45. The molecule has 3 nitrogen and oxygen atoms in total. The molecule has 0 aliphatic heterocycles. The lowest BCUT2D eigenvalue weighted by Crippen LogP contribution is -2.36. The van der Waals surface area contributed by atoms with Gasteiger partial charge in [-0.05, 0) is 17.7 Å². The minimum absolute atomic E-state index is 0.0974. The molecule has 18 heavy (non-hydrogen) atoms. The van der Waals surface area contributed by atoms with E-state index in [1.165, 1.54) is 4.90 Å². The van der Waals surface area contributed by atoms with Crippen molar-refractivity contribution in [1.82, 2.24) is 4.90 Å². The second kappa shape index (κ2) is 7.70. The van der Waals surface area contributed by atoms with Gasteiger partial charge in [-0.2, -0.15) is 0 Å². The van der Waals surface area contributed by atoms with E-state index in [-0.39, 0.29) is 19.1 Å². The van der Waals surface area contributed by atoms with Crippen molar-refractivity contribution in [2.24, 2.45) is 0 Å². The number of aliphatic hydroxyl groups excluding tert-OH is 1. The molecule has 0 unspecified atom stereocenters. The van der Waals surface area contributed by atoms with Crippen molar-refractivity contribution in [3.8, 4) is 0 Å². The van der Waals surface area contributed by atoms with E-state index in [1.54, 1.807) is 18.2 Å². The van der Waals surface area contributed by atoms with E-state index in [2.05, 4.69) is 31.9 Å². The number of amides is 1. The molecular weight excluding hydrogens is 409 g/mol. The number of carbonyl (C=O) groups is 1. The van der Waals surface area contributed by atoms with Gasteiger partial charge in [0, 0.05) is 13.1 Å². The Bertz CT molecular complexity index is 430. The number of benzene rings is 1. The van der Waals surface area contributed by atoms with Gasteiger partial charge in [-0.3, -0.25) is 4.79 Å². The molecule has 0 bridgehead atoms. The Labute approximate surface area is 132 Å². The van der Waals surface area contributed by atoms with Crippen LogP contribution >= 0.6 is 55.1 Å². The fourth-order valence-electron chi connectivity index (χ4n) is 1.38. The van der Waals surface area contributed by atoms with Crippen LogP contribution in [0.3, 0.4) is 0 Å². The van der Waals surface area contributed by atoms with Gasteiger partial charge in [0.05, 0.1) is 16.7 Å². The topological polar surface area (TPSA) is 40.5 Å². The van der Waals surface area contributed by atoms with Crippen LogP contribution in [0.2, 0.25) is 10.0 Å². The van der Waals surface area contributed by atoms with Crippen molar-refractivity contribution in [1.29, 1.82) is 0 Å². The molecule has 1 aromatic carbocycles. The molecule has 1 rings (SSSR count). The summed E-state index contributed by atoms with van der Waals surface area (Å²) in [5, 5.41) is 9.89. The average molecular weight is 420 g/mol. The monoisotopic (exact) mass is 417 g/mol. The van der Waals surface area contributed by atoms with Gasteiger partial charge in [-0.15, -0.1) is 0 Å². The molecule has 0 aromatic heterocycles. The first-order valence-corrected chi connectivity index (χ1v) is 7.66. The van der Waals surface area contributed by atoms with Gasteiger partial charge in [0.25, 0.3) is 0 Å². The van der Waals surface area contributed by atoms with Gasteiger partial charge < -0.3 is 10.0 Å². The molecular formula is C11H11Br2Cl2NO2. The Balaban J connectivity index is 2.82. The lowest BCUT2D eigenvalue weighted by Gasteiger charge is -2.22. The molecule has 0 spiro atoms. The number of aliphatic hydroxyl groups is 1. The standard InChI is InChI=1S/C11H11Br2Cl2NO2/c12-10(13)11(18)16(3-4-17)6-7-1-2-8(14)9(15)5-7/h1-2,5,10,17H,3-4,6H2. The molecule has 0 fully saturated rings. The lowest BCUT2D eigenvalue weighted by molar-refractivity contribution is -0.129. The van der Waals surface area contributed by atoms with Gasteiger partial charge in [0.1, 0.15) is 3.74 Å². The number of alkyl halides is 2. The maximum atomic E-state index is 11.9. The fourth-order valence-corrected chi connectivity index (χ4v) is 2.28. The Hall–Kier alpha value is 0.190. The highest BCUT2D eigenvalue weighted by atomic mass is 79.9. The smallest absolute Gasteiger partial charge is 0.247 e. The Morgan fingerprint density at radius 3 is 2.50 bits per heavy atom. The van der Waals surface area contributed by atoms with Crippen LogP contribution in [-0.2, 0) is 11.3 Å². The molecule has 1 aromatic rings. The highest BCUT2D eigenvalue weighted by Crippen LogP contribution is 2.23. The number of hydrogen-bond donors (Lipinski definition) is 1. The van der Waals surface area contributed by atoms with E-state index >= 15 is 0 Å². The van der Waals surface area contributed by atoms with Crippen LogP contribution in [0.15, 0.2) is 18.2 Å². The largest absolute Gasteiger partial charge is 0.395 e. The second-order valence-electron chi connectivity index (χ2n) is 3.53. The van der Waals surface area contributed by atoms with Gasteiger partial charge in [0.2, 0.25) is 5.91 Å². The van der Waals surface area contributed by atoms with Crippen LogP contribution in [0.1, 0.15) is 5.56 Å². The maximum Gasteiger partial charge on any atom is 0.247 e. The average Bonchev–Trinajstić information content (AvgIpc) is 2.32. The fraction of sp³-hybridized carbons (Fsp3) is 0.364. The van der Waals surface area contributed by atoms with E-state index in [9.17, 15) is 4.79 Å². The van der Waals surface area contributed by atoms with E-state index in [0.29, 0.717) is 16.6 Å². The van der Waals surface area contributed by atoms with Crippen molar-refractivity contribution in [3.05, 3.63) is 33.8 Å². The zero-order valence-corrected chi connectivity index (χ0v) is 13.9. The summed E-state index contributed by atoms with van der Waals surface area (Å²) in [6.45, 7) is 0.524. The van der Waals surface area contributed by atoms with Gasteiger partial charge in [0.15, 0.2) is 0 Å². The van der Waals surface area contributed by atoms with Gasteiger partial charge in [-0.25, -0.2) is 0 Å². The molecule has 7 heteroatoms. The quantitative estimate of drug-likeness (QED) is 0.743. The van der Waals surface area contributed by atoms with Crippen molar-refractivity contribution in [3.63, 3.8) is 0 Å².